The molecule has 8 aromatic carbocycles. The van der Waals surface area contributed by atoms with Crippen LogP contribution >= 0.6 is 0 Å². The van der Waals surface area contributed by atoms with E-state index in [2.05, 4.69) is 200 Å². The van der Waals surface area contributed by atoms with Gasteiger partial charge in [-0.2, -0.15) is 0 Å². The number of benzene rings is 8. The van der Waals surface area contributed by atoms with Gasteiger partial charge in [0.2, 0.25) is 0 Å². The van der Waals surface area contributed by atoms with Crippen LogP contribution in [0, 0.1) is 0 Å². The molecular weight excluding hydrogens is 635 g/mol. The lowest BCUT2D eigenvalue weighted by atomic mass is 9.61. The standard InChI is InChI=1S/C46H35B5N2/c47-41-42(48)44(50)46(45(51)43(41)49)53-38-12-6-4-10-34(38)36-25-31(19-22-40(36)53)28-15-13-27(14-16-28)30-18-21-39-35(24-30)33-9-3-5-11-37(33)52(39)32-20-17-26-7-1-2-8-29(26)23-32/h1-25H,47-51H2. The van der Waals surface area contributed by atoms with Crippen LogP contribution in [-0.2, 0) is 0 Å². The first-order chi connectivity index (χ1) is 25.9. The lowest BCUT2D eigenvalue weighted by Gasteiger charge is -2.22. The highest BCUT2D eigenvalue weighted by Crippen LogP contribution is 2.37. The summed E-state index contributed by atoms with van der Waals surface area (Å²) < 4.78 is 4.90. The van der Waals surface area contributed by atoms with E-state index in [9.17, 15) is 0 Å². The van der Waals surface area contributed by atoms with Crippen LogP contribution in [0.15, 0.2) is 152 Å². The Morgan fingerprint density at radius 1 is 0.302 bits per heavy atom. The minimum atomic E-state index is 1.18. The summed E-state index contributed by atoms with van der Waals surface area (Å²) in [7, 11) is 11.3. The molecule has 0 atom stereocenters. The van der Waals surface area contributed by atoms with Crippen LogP contribution in [0.1, 0.15) is 0 Å². The van der Waals surface area contributed by atoms with Crippen molar-refractivity contribution in [2.75, 3.05) is 0 Å². The summed E-state index contributed by atoms with van der Waals surface area (Å²) in [5, 5.41) is 7.60. The average Bonchev–Trinajstić information content (AvgIpc) is 3.71. The maximum absolute atomic E-state index is 2.49. The van der Waals surface area contributed by atoms with Crippen LogP contribution in [0.4, 0.5) is 0 Å². The number of fused-ring (bicyclic) bond motifs is 7. The van der Waals surface area contributed by atoms with Crippen molar-refractivity contribution >= 4 is 121 Å². The Hall–Kier alpha value is -6.06. The van der Waals surface area contributed by atoms with E-state index < -0.39 is 0 Å². The molecule has 0 unspecified atom stereocenters. The molecule has 244 valence electrons. The number of nitrogens with zero attached hydrogens (tertiary/aromatic N) is 2. The largest absolute Gasteiger partial charge is 0.310 e. The van der Waals surface area contributed by atoms with Gasteiger partial charge in [-0.1, -0.05) is 125 Å². The second-order valence-corrected chi connectivity index (χ2v) is 14.8. The molecular formula is C46H35B5N2. The van der Waals surface area contributed by atoms with Crippen LogP contribution in [-0.4, -0.2) is 48.4 Å². The fourth-order valence-electron chi connectivity index (χ4n) is 8.81. The van der Waals surface area contributed by atoms with Gasteiger partial charge in [-0.15, -0.1) is 5.46 Å². The Kier molecular flexibility index (Phi) is 7.17. The van der Waals surface area contributed by atoms with Crippen molar-refractivity contribution in [2.24, 2.45) is 0 Å². The highest BCUT2D eigenvalue weighted by molar-refractivity contribution is 6.68. The van der Waals surface area contributed by atoms with E-state index in [0.717, 1.165) is 0 Å². The van der Waals surface area contributed by atoms with Crippen LogP contribution in [0.25, 0.3) is 88.0 Å². The molecule has 0 aliphatic carbocycles. The number of rotatable bonds is 4. The molecule has 2 aromatic heterocycles. The summed E-state index contributed by atoms with van der Waals surface area (Å²) in [4.78, 5) is 0. The number of hydrogen-bond acceptors (Lipinski definition) is 0. The second kappa shape index (κ2) is 12.0. The Morgan fingerprint density at radius 3 is 1.32 bits per heavy atom. The monoisotopic (exact) mass is 670 g/mol. The van der Waals surface area contributed by atoms with E-state index in [4.69, 9.17) is 0 Å². The van der Waals surface area contributed by atoms with Crippen LogP contribution in [0.5, 0.6) is 0 Å². The second-order valence-electron chi connectivity index (χ2n) is 14.8. The molecule has 0 amide bonds. The van der Waals surface area contributed by atoms with E-state index in [1.165, 1.54) is 115 Å². The summed E-state index contributed by atoms with van der Waals surface area (Å²) in [6.07, 6.45) is 0. The first kappa shape index (κ1) is 31.7. The molecule has 0 saturated heterocycles. The van der Waals surface area contributed by atoms with Crippen molar-refractivity contribution < 1.29 is 0 Å². The Balaban J connectivity index is 1.06. The van der Waals surface area contributed by atoms with Gasteiger partial charge in [-0.3, -0.25) is 0 Å². The maximum atomic E-state index is 2.49. The minimum Gasteiger partial charge on any atom is -0.310 e. The Bertz CT molecular complexity index is 3090. The van der Waals surface area contributed by atoms with Crippen LogP contribution in [0.2, 0.25) is 0 Å². The van der Waals surface area contributed by atoms with E-state index in [1.807, 2.05) is 0 Å². The molecule has 7 heteroatoms. The van der Waals surface area contributed by atoms with Gasteiger partial charge < -0.3 is 9.13 Å². The SMILES string of the molecule is Bc1c(B)c(B)c(-n2c3ccccc3c3cc(-c4ccc(-c5ccc6c(c5)c5ccccc5n6-c5ccc6ccccc6c5)cc4)ccc32)c(B)c1B. The predicted molar refractivity (Wildman–Crippen MR) is 244 cm³/mol. The fourth-order valence-corrected chi connectivity index (χ4v) is 8.81. The average molecular weight is 670 g/mol. The van der Waals surface area contributed by atoms with E-state index in [0.29, 0.717) is 0 Å². The molecule has 0 bridgehead atoms. The third kappa shape index (κ3) is 4.80. The zero-order valence-corrected chi connectivity index (χ0v) is 30.8. The van der Waals surface area contributed by atoms with Gasteiger partial charge in [0.25, 0.3) is 0 Å². The molecule has 0 aliphatic heterocycles. The van der Waals surface area contributed by atoms with Crippen molar-refractivity contribution in [1.82, 2.24) is 9.13 Å². The smallest absolute Gasteiger partial charge is 0.141 e. The number of hydrogen-bond donors (Lipinski definition) is 0. The van der Waals surface area contributed by atoms with Gasteiger partial charge in [-0.25, -0.2) is 0 Å². The third-order valence-corrected chi connectivity index (χ3v) is 12.1. The lowest BCUT2D eigenvalue weighted by molar-refractivity contribution is 1.19. The van der Waals surface area contributed by atoms with Gasteiger partial charge in [0.1, 0.15) is 39.2 Å². The molecule has 0 radical (unpaired) electrons. The summed E-state index contributed by atoms with van der Waals surface area (Å²) in [6.45, 7) is 0. The van der Waals surface area contributed by atoms with Gasteiger partial charge in [0.15, 0.2) is 0 Å². The molecule has 10 rings (SSSR count). The summed E-state index contributed by atoms with van der Waals surface area (Å²) in [5.41, 5.74) is 19.2. The van der Waals surface area contributed by atoms with Crippen molar-refractivity contribution in [3.63, 3.8) is 0 Å². The zero-order chi connectivity index (χ0) is 36.0. The van der Waals surface area contributed by atoms with Crippen LogP contribution < -0.4 is 27.3 Å². The molecule has 0 fully saturated rings. The molecule has 0 aliphatic rings. The molecule has 2 nitrogen and oxygen atoms in total. The quantitative estimate of drug-likeness (QED) is 0.254. The lowest BCUT2D eigenvalue weighted by Crippen LogP contribution is -2.56. The van der Waals surface area contributed by atoms with Gasteiger partial charge in [0.05, 0.1) is 22.1 Å². The van der Waals surface area contributed by atoms with E-state index in [1.54, 1.807) is 0 Å². The molecule has 53 heavy (non-hydrogen) atoms. The van der Waals surface area contributed by atoms with E-state index in [-0.39, 0.29) is 0 Å². The highest BCUT2D eigenvalue weighted by Gasteiger charge is 2.19. The highest BCUT2D eigenvalue weighted by atomic mass is 15.0. The number of aromatic nitrogens is 2. The third-order valence-electron chi connectivity index (χ3n) is 12.1. The molecule has 0 N–H and O–H groups in total. The minimum absolute atomic E-state index is 1.18. The van der Waals surface area contributed by atoms with Gasteiger partial charge in [0, 0.05) is 32.9 Å². The summed E-state index contributed by atoms with van der Waals surface area (Å²) >= 11 is 0. The molecule has 0 spiro atoms. The van der Waals surface area contributed by atoms with Crippen molar-refractivity contribution in [3.05, 3.63) is 152 Å². The maximum Gasteiger partial charge on any atom is 0.141 e. The molecule has 10 aromatic rings. The van der Waals surface area contributed by atoms with Crippen molar-refractivity contribution in [3.8, 4) is 33.6 Å². The van der Waals surface area contributed by atoms with Gasteiger partial charge in [-0.05, 0) is 81.6 Å². The summed E-state index contributed by atoms with van der Waals surface area (Å²) in [5.74, 6) is 0. The Morgan fingerprint density at radius 2 is 0.736 bits per heavy atom. The van der Waals surface area contributed by atoms with Crippen molar-refractivity contribution in [1.29, 1.82) is 0 Å². The topological polar surface area (TPSA) is 9.86 Å². The first-order valence-electron chi connectivity index (χ1n) is 18.6. The zero-order valence-electron chi connectivity index (χ0n) is 30.8. The fraction of sp³-hybridized carbons (Fsp3) is 0. The van der Waals surface area contributed by atoms with Crippen LogP contribution in [0.3, 0.4) is 0 Å². The molecule has 2 heterocycles. The molecule has 0 saturated carbocycles. The predicted octanol–water partition coefficient (Wildman–Crippen LogP) is 3.66. The van der Waals surface area contributed by atoms with Crippen molar-refractivity contribution in [2.45, 2.75) is 0 Å². The number of para-hydroxylation sites is 2. The normalized spacial score (nSPS) is 11.8. The summed E-state index contributed by atoms with van der Waals surface area (Å²) in [6, 6.07) is 56.0. The first-order valence-corrected chi connectivity index (χ1v) is 18.6. The van der Waals surface area contributed by atoms with Gasteiger partial charge >= 0.3 is 0 Å². The van der Waals surface area contributed by atoms with E-state index >= 15 is 0 Å². The Labute approximate surface area is 314 Å².